The van der Waals surface area contributed by atoms with E-state index >= 15 is 0 Å². The number of rotatable bonds is 6. The van der Waals surface area contributed by atoms with Crippen molar-refractivity contribution in [2.24, 2.45) is 5.41 Å². The van der Waals surface area contributed by atoms with Gasteiger partial charge in [-0.2, -0.15) is 0 Å². The highest BCUT2D eigenvalue weighted by Gasteiger charge is 2.28. The highest BCUT2D eigenvalue weighted by atomic mass is 19.1. The Labute approximate surface area is 153 Å². The van der Waals surface area contributed by atoms with Crippen LogP contribution in [-0.4, -0.2) is 42.3 Å². The van der Waals surface area contributed by atoms with Crippen LogP contribution in [0, 0.1) is 11.2 Å². The van der Waals surface area contributed by atoms with Gasteiger partial charge in [0.25, 0.3) is 0 Å². The van der Waals surface area contributed by atoms with Gasteiger partial charge in [0.05, 0.1) is 0 Å². The average molecular weight is 365 g/mol. The Morgan fingerprint density at radius 1 is 1.31 bits per heavy atom. The van der Waals surface area contributed by atoms with Crippen molar-refractivity contribution in [3.05, 3.63) is 29.6 Å². The van der Waals surface area contributed by atoms with Crippen molar-refractivity contribution in [3.8, 4) is 0 Å². The first kappa shape index (κ1) is 20.0. The van der Waals surface area contributed by atoms with E-state index in [4.69, 9.17) is 5.11 Å². The largest absolute Gasteiger partial charge is 0.465 e. The van der Waals surface area contributed by atoms with Crippen LogP contribution in [0.1, 0.15) is 39.7 Å². The summed E-state index contributed by atoms with van der Waals surface area (Å²) in [7, 11) is 0. The highest BCUT2D eigenvalue weighted by Crippen LogP contribution is 2.28. The molecule has 1 aliphatic rings. The van der Waals surface area contributed by atoms with Gasteiger partial charge in [0.15, 0.2) is 0 Å². The maximum absolute atomic E-state index is 13.3. The Morgan fingerprint density at radius 3 is 2.62 bits per heavy atom. The lowest BCUT2D eigenvalue weighted by molar-refractivity contribution is -0.124. The monoisotopic (exact) mass is 365 g/mol. The second-order valence-electron chi connectivity index (χ2n) is 8.15. The molecule has 0 fully saturated rings. The molecular weight excluding hydrogens is 337 g/mol. The summed E-state index contributed by atoms with van der Waals surface area (Å²) in [5.74, 6) is -0.565. The van der Waals surface area contributed by atoms with Crippen molar-refractivity contribution in [3.63, 3.8) is 0 Å². The number of carbonyl (C=O) groups is 2. The fraction of sp³-hybridized carbons (Fsp3) is 0.579. The lowest BCUT2D eigenvalue weighted by atomic mass is 9.87. The van der Waals surface area contributed by atoms with Crippen LogP contribution in [-0.2, 0) is 11.2 Å². The molecule has 26 heavy (non-hydrogen) atoms. The summed E-state index contributed by atoms with van der Waals surface area (Å²) in [6.07, 6.45) is -0.0254. The molecule has 1 heterocycles. The second kappa shape index (κ2) is 7.93. The smallest absolute Gasteiger partial charge is 0.405 e. The van der Waals surface area contributed by atoms with Crippen molar-refractivity contribution in [2.75, 3.05) is 18.0 Å². The minimum atomic E-state index is -1.21. The van der Waals surface area contributed by atoms with Crippen molar-refractivity contribution < 1.29 is 19.1 Å². The Balaban J connectivity index is 1.97. The summed E-state index contributed by atoms with van der Waals surface area (Å²) in [6, 6.07) is 3.79. The van der Waals surface area contributed by atoms with Gasteiger partial charge < -0.3 is 20.6 Å². The number of halogens is 1. The minimum Gasteiger partial charge on any atom is -0.465 e. The third kappa shape index (κ3) is 5.61. The standard InChI is InChI=1S/C19H28FN3O3/c1-12(11-23-8-7-13-9-14(20)5-6-16(13)23)21-17(24)15(22-18(25)26)10-19(2,3)4/h5-6,9,12,15,22H,7-8,10-11H2,1-4H3,(H,21,24)(H,25,26)/t12-,15-/m0/s1. The maximum atomic E-state index is 13.3. The van der Waals surface area contributed by atoms with Gasteiger partial charge in [0, 0.05) is 24.8 Å². The van der Waals surface area contributed by atoms with Gasteiger partial charge in [-0.25, -0.2) is 9.18 Å². The quantitative estimate of drug-likeness (QED) is 0.724. The van der Waals surface area contributed by atoms with Gasteiger partial charge >= 0.3 is 6.09 Å². The zero-order chi connectivity index (χ0) is 19.5. The first-order valence-corrected chi connectivity index (χ1v) is 8.88. The van der Waals surface area contributed by atoms with Crippen LogP contribution in [0.15, 0.2) is 18.2 Å². The van der Waals surface area contributed by atoms with Gasteiger partial charge in [-0.05, 0) is 48.9 Å². The molecule has 0 saturated carbocycles. The van der Waals surface area contributed by atoms with Crippen molar-refractivity contribution in [1.29, 1.82) is 0 Å². The number of carbonyl (C=O) groups excluding carboxylic acids is 1. The van der Waals surface area contributed by atoms with E-state index in [9.17, 15) is 14.0 Å². The van der Waals surface area contributed by atoms with E-state index in [0.29, 0.717) is 13.0 Å². The number of amides is 2. The lowest BCUT2D eigenvalue weighted by Crippen LogP contribution is -2.52. The molecule has 0 bridgehead atoms. The van der Waals surface area contributed by atoms with E-state index in [2.05, 4.69) is 15.5 Å². The molecule has 6 nitrogen and oxygen atoms in total. The van der Waals surface area contributed by atoms with Gasteiger partial charge in [-0.1, -0.05) is 20.8 Å². The van der Waals surface area contributed by atoms with Crippen LogP contribution < -0.4 is 15.5 Å². The van der Waals surface area contributed by atoms with E-state index in [1.165, 1.54) is 6.07 Å². The predicted octanol–water partition coefficient (Wildman–Crippen LogP) is 2.77. The van der Waals surface area contributed by atoms with Crippen molar-refractivity contribution >= 4 is 17.7 Å². The Hall–Kier alpha value is -2.31. The molecule has 0 unspecified atom stereocenters. The summed E-state index contributed by atoms with van der Waals surface area (Å²) < 4.78 is 13.3. The molecule has 2 amide bonds. The lowest BCUT2D eigenvalue weighted by Gasteiger charge is -2.28. The summed E-state index contributed by atoms with van der Waals surface area (Å²) in [5.41, 5.74) is 1.77. The number of anilines is 1. The molecule has 0 saturated heterocycles. The fourth-order valence-electron chi connectivity index (χ4n) is 3.32. The number of fused-ring (bicyclic) bond motifs is 1. The zero-order valence-corrected chi connectivity index (χ0v) is 15.8. The van der Waals surface area contributed by atoms with Gasteiger partial charge in [-0.15, -0.1) is 0 Å². The third-order valence-corrected chi connectivity index (χ3v) is 4.35. The number of benzene rings is 1. The van der Waals surface area contributed by atoms with Crippen LogP contribution in [0.4, 0.5) is 14.9 Å². The normalized spacial score (nSPS) is 16.0. The number of carboxylic acid groups (broad SMARTS) is 1. The molecule has 7 heteroatoms. The summed E-state index contributed by atoms with van der Waals surface area (Å²) in [4.78, 5) is 25.6. The molecule has 1 aromatic rings. The number of nitrogens with one attached hydrogen (secondary N) is 2. The first-order chi connectivity index (χ1) is 12.0. The number of hydrogen-bond acceptors (Lipinski definition) is 3. The molecule has 0 spiro atoms. The van der Waals surface area contributed by atoms with Gasteiger partial charge in [-0.3, -0.25) is 4.79 Å². The second-order valence-corrected chi connectivity index (χ2v) is 8.15. The zero-order valence-electron chi connectivity index (χ0n) is 15.8. The summed E-state index contributed by atoms with van der Waals surface area (Å²) >= 11 is 0. The first-order valence-electron chi connectivity index (χ1n) is 8.88. The van der Waals surface area contributed by atoms with E-state index < -0.39 is 12.1 Å². The number of nitrogens with zero attached hydrogens (tertiary/aromatic N) is 1. The molecule has 2 rings (SSSR count). The molecule has 3 N–H and O–H groups in total. The van der Waals surface area contributed by atoms with Gasteiger partial charge in [0.2, 0.25) is 5.91 Å². The topological polar surface area (TPSA) is 81.7 Å². The van der Waals surface area contributed by atoms with Crippen molar-refractivity contribution in [2.45, 2.75) is 52.6 Å². The molecule has 144 valence electrons. The average Bonchev–Trinajstić information content (AvgIpc) is 2.86. The molecule has 0 aromatic heterocycles. The van der Waals surface area contributed by atoms with Crippen LogP contribution in [0.2, 0.25) is 0 Å². The van der Waals surface area contributed by atoms with Crippen LogP contribution in [0.3, 0.4) is 0 Å². The predicted molar refractivity (Wildman–Crippen MR) is 98.9 cm³/mol. The molecular formula is C19H28FN3O3. The molecule has 1 aromatic carbocycles. The van der Waals surface area contributed by atoms with Gasteiger partial charge in [0.1, 0.15) is 11.9 Å². The Bertz CT molecular complexity index is 672. The SMILES string of the molecule is C[C@@H](CN1CCc2cc(F)ccc21)NC(=O)[C@H](CC(C)(C)C)NC(=O)O. The molecule has 2 atom stereocenters. The van der Waals surface area contributed by atoms with E-state index in [-0.39, 0.29) is 23.2 Å². The van der Waals surface area contributed by atoms with Crippen LogP contribution in [0.25, 0.3) is 0 Å². The Kier molecular flexibility index (Phi) is 6.10. The third-order valence-electron chi connectivity index (χ3n) is 4.35. The highest BCUT2D eigenvalue weighted by molar-refractivity contribution is 5.85. The van der Waals surface area contributed by atoms with Crippen LogP contribution in [0.5, 0.6) is 0 Å². The van der Waals surface area contributed by atoms with E-state index in [1.54, 1.807) is 12.1 Å². The number of hydrogen-bond donors (Lipinski definition) is 3. The minimum absolute atomic E-state index is 0.170. The molecule has 1 aliphatic heterocycles. The Morgan fingerprint density at radius 2 is 2.00 bits per heavy atom. The van der Waals surface area contributed by atoms with Crippen LogP contribution >= 0.6 is 0 Å². The summed E-state index contributed by atoms with van der Waals surface area (Å²) in [5, 5.41) is 14.2. The molecule has 0 aliphatic carbocycles. The van der Waals surface area contributed by atoms with Crippen molar-refractivity contribution in [1.82, 2.24) is 10.6 Å². The maximum Gasteiger partial charge on any atom is 0.405 e. The molecule has 0 radical (unpaired) electrons. The van der Waals surface area contributed by atoms with E-state index in [1.807, 2.05) is 27.7 Å². The fourth-order valence-corrected chi connectivity index (χ4v) is 3.32. The summed E-state index contributed by atoms with van der Waals surface area (Å²) in [6.45, 7) is 9.12. The van der Waals surface area contributed by atoms with E-state index in [0.717, 1.165) is 24.2 Å².